The van der Waals surface area contributed by atoms with Crippen molar-refractivity contribution in [2.24, 2.45) is 0 Å². The quantitative estimate of drug-likeness (QED) is 0.0259. The maximum atomic E-state index is 13.6. The van der Waals surface area contributed by atoms with E-state index in [1.807, 2.05) is 152 Å². The van der Waals surface area contributed by atoms with Crippen molar-refractivity contribution in [2.75, 3.05) is 52.2 Å². The number of rotatable bonds is 19. The highest BCUT2D eigenvalue weighted by Crippen LogP contribution is 2.44. The summed E-state index contributed by atoms with van der Waals surface area (Å²) in [5, 5.41) is 54.1. The predicted molar refractivity (Wildman–Crippen MR) is 327 cm³/mol. The standard InChI is InChI=1S/C36H29N7O3S.C23H38O4.C6H14N2/c1-23-13-9-12-20-31(23)37-34(45)29-21-32(27-18-10-11-19-28(27)33(29)44)46-35-30(24(2)39-42(35)25-14-5-3-6-15-25)22-47-36-38-40-41-43(36)26-16-7-4-8-17-26;1-7-8-9-10-14-27-21(26)12-11-13-23(5,6)18-16-19(24)17(15-20(18)25)22(2,3)4;1-7-3-5-8(2)6-4-7/h3-21,44H,22H2,1-2H3,(H,37,45);15-16,24-25H,7-14H2,1-6H3;3-6H2,1-2H3. The van der Waals surface area contributed by atoms with E-state index in [0.29, 0.717) is 64.0 Å². The zero-order valence-corrected chi connectivity index (χ0v) is 50.1. The summed E-state index contributed by atoms with van der Waals surface area (Å²) in [6, 6.07) is 39.1. The third-order valence-electron chi connectivity index (χ3n) is 14.6. The van der Waals surface area contributed by atoms with Gasteiger partial charge >= 0.3 is 5.97 Å². The molecule has 434 valence electrons. The Bertz CT molecular complexity index is 3360. The lowest BCUT2D eigenvalue weighted by Crippen LogP contribution is -2.42. The lowest BCUT2D eigenvalue weighted by molar-refractivity contribution is -0.143. The summed E-state index contributed by atoms with van der Waals surface area (Å²) in [4.78, 5) is 30.2. The number of aromatic hydroxyl groups is 3. The second kappa shape index (κ2) is 28.8. The van der Waals surface area contributed by atoms with E-state index in [4.69, 9.17) is 14.6 Å². The monoisotopic (exact) mass is 1130 g/mol. The summed E-state index contributed by atoms with van der Waals surface area (Å²) in [6.45, 7) is 21.5. The van der Waals surface area contributed by atoms with Gasteiger partial charge in [-0.15, -0.1) is 5.10 Å². The largest absolute Gasteiger partial charge is 0.508 e. The molecule has 3 heterocycles. The minimum Gasteiger partial charge on any atom is -0.508 e. The van der Waals surface area contributed by atoms with Crippen LogP contribution in [0.25, 0.3) is 22.1 Å². The number of nitrogens with one attached hydrogen (secondary N) is 1. The van der Waals surface area contributed by atoms with Crippen LogP contribution in [0.3, 0.4) is 0 Å². The maximum absolute atomic E-state index is 13.6. The molecule has 1 fully saturated rings. The van der Waals surface area contributed by atoms with Crippen molar-refractivity contribution in [1.29, 1.82) is 0 Å². The number of ether oxygens (including phenoxy) is 2. The first-order chi connectivity index (χ1) is 39.2. The Hall–Kier alpha value is -7.73. The van der Waals surface area contributed by atoms with E-state index < -0.39 is 5.91 Å². The minimum atomic E-state index is -0.455. The van der Waals surface area contributed by atoms with Gasteiger partial charge in [-0.25, -0.2) is 4.68 Å². The van der Waals surface area contributed by atoms with Crippen molar-refractivity contribution in [3.05, 3.63) is 161 Å². The number of unbranched alkanes of at least 4 members (excludes halogenated alkanes) is 3. The molecule has 8 aromatic rings. The van der Waals surface area contributed by atoms with Crippen molar-refractivity contribution in [3.63, 3.8) is 0 Å². The number of phenols is 3. The van der Waals surface area contributed by atoms with E-state index in [1.54, 1.807) is 33.6 Å². The molecule has 0 bridgehead atoms. The molecule has 0 unspecified atom stereocenters. The highest BCUT2D eigenvalue weighted by molar-refractivity contribution is 7.98. The molecule has 0 aliphatic carbocycles. The average molecular weight is 1130 g/mol. The number of amides is 1. The fraction of sp³-hybridized carbons (Fsp3) is 0.385. The predicted octanol–water partition coefficient (Wildman–Crippen LogP) is 13.5. The van der Waals surface area contributed by atoms with Crippen LogP contribution >= 0.6 is 11.8 Å². The zero-order chi connectivity index (χ0) is 59.0. The molecule has 0 atom stereocenters. The topological polar surface area (TPSA) is 193 Å². The molecule has 0 radical (unpaired) electrons. The maximum Gasteiger partial charge on any atom is 0.305 e. The Morgan fingerprint density at radius 1 is 0.695 bits per heavy atom. The molecular formula is C65H81N9O7S. The second-order valence-corrected chi connectivity index (χ2v) is 23.5. The summed E-state index contributed by atoms with van der Waals surface area (Å²) in [5.41, 5.74) is 5.72. The fourth-order valence-electron chi connectivity index (χ4n) is 9.50. The fourth-order valence-corrected chi connectivity index (χ4v) is 10.5. The van der Waals surface area contributed by atoms with Crippen LogP contribution in [-0.2, 0) is 26.1 Å². The van der Waals surface area contributed by atoms with Crippen LogP contribution in [0.15, 0.2) is 133 Å². The van der Waals surface area contributed by atoms with Gasteiger partial charge in [0.2, 0.25) is 11.0 Å². The smallest absolute Gasteiger partial charge is 0.305 e. The number of hydrogen-bond acceptors (Lipinski definition) is 14. The molecule has 0 saturated carbocycles. The molecule has 17 heteroatoms. The van der Waals surface area contributed by atoms with Crippen LogP contribution in [0.1, 0.15) is 125 Å². The lowest BCUT2D eigenvalue weighted by atomic mass is 9.77. The van der Waals surface area contributed by atoms with Gasteiger partial charge in [0.25, 0.3) is 5.91 Å². The van der Waals surface area contributed by atoms with Crippen LogP contribution in [0, 0.1) is 13.8 Å². The first-order valence-electron chi connectivity index (χ1n) is 28.2. The van der Waals surface area contributed by atoms with E-state index in [9.17, 15) is 24.9 Å². The molecule has 1 aliphatic rings. The molecule has 2 aromatic heterocycles. The molecule has 1 aliphatic heterocycles. The van der Waals surface area contributed by atoms with Gasteiger partial charge in [-0.1, -0.05) is 151 Å². The SMILES string of the molecule is CCCCCCOC(=O)CCCC(C)(C)c1cc(O)c(C(C)(C)C)cc1O.CN1CCN(C)CC1.Cc1ccccc1NC(=O)c1cc(Oc2c(CSc3nnnn3-c3ccccc3)c(C)nn2-c2ccccc2)c2ccccc2c1O. The van der Waals surface area contributed by atoms with Crippen molar-refractivity contribution in [3.8, 4) is 40.3 Å². The van der Waals surface area contributed by atoms with Crippen LogP contribution < -0.4 is 10.1 Å². The normalized spacial score (nSPS) is 13.0. The Labute approximate surface area is 487 Å². The molecule has 9 rings (SSSR count). The number of aryl methyl sites for hydroxylation is 2. The van der Waals surface area contributed by atoms with Crippen LogP contribution in [0.2, 0.25) is 0 Å². The first-order valence-corrected chi connectivity index (χ1v) is 29.2. The van der Waals surface area contributed by atoms with Crippen molar-refractivity contribution in [1.82, 2.24) is 39.8 Å². The molecular weight excluding hydrogens is 1050 g/mol. The van der Waals surface area contributed by atoms with Gasteiger partial charge < -0.3 is 39.9 Å². The van der Waals surface area contributed by atoms with Crippen LogP contribution in [-0.4, -0.2) is 114 Å². The number of phenolic OH excluding ortho intramolecular Hbond substituents is 3. The van der Waals surface area contributed by atoms with E-state index in [2.05, 4.69) is 51.7 Å². The van der Waals surface area contributed by atoms with Gasteiger partial charge in [-0.3, -0.25) is 9.59 Å². The van der Waals surface area contributed by atoms with E-state index in [-0.39, 0.29) is 39.6 Å². The summed E-state index contributed by atoms with van der Waals surface area (Å²) >= 11 is 1.46. The van der Waals surface area contributed by atoms with Gasteiger partial charge in [0.05, 0.1) is 29.2 Å². The number of aromatic nitrogens is 6. The zero-order valence-electron chi connectivity index (χ0n) is 49.3. The molecule has 4 N–H and O–H groups in total. The number of benzene rings is 6. The number of anilines is 1. The van der Waals surface area contributed by atoms with E-state index in [1.165, 1.54) is 50.8 Å². The number of carbonyl (C=O) groups is 2. The highest BCUT2D eigenvalue weighted by atomic mass is 32.2. The molecule has 6 aromatic carbocycles. The average Bonchev–Trinajstić information content (AvgIpc) is 4.24. The van der Waals surface area contributed by atoms with E-state index in [0.717, 1.165) is 53.0 Å². The van der Waals surface area contributed by atoms with Gasteiger partial charge in [0.15, 0.2) is 0 Å². The van der Waals surface area contributed by atoms with Gasteiger partial charge in [0, 0.05) is 71.5 Å². The summed E-state index contributed by atoms with van der Waals surface area (Å²) in [5.74, 6) is 0.969. The number of hydrogen-bond donors (Lipinski definition) is 4. The Morgan fingerprint density at radius 2 is 1.28 bits per heavy atom. The van der Waals surface area contributed by atoms with Gasteiger partial charge in [-0.05, 0) is 123 Å². The molecule has 16 nitrogen and oxygen atoms in total. The van der Waals surface area contributed by atoms with E-state index >= 15 is 0 Å². The Morgan fingerprint density at radius 3 is 1.91 bits per heavy atom. The number of carbonyl (C=O) groups excluding carboxylic acids is 2. The third kappa shape index (κ3) is 16.5. The number of tetrazole rings is 1. The number of nitrogens with zero attached hydrogens (tertiary/aromatic N) is 8. The number of piperazine rings is 1. The Balaban J connectivity index is 0.000000232. The molecule has 0 spiro atoms. The highest BCUT2D eigenvalue weighted by Gasteiger charge is 2.29. The number of likely N-dealkylation sites (N-methyl/N-ethyl adjacent to an activating group) is 2. The van der Waals surface area contributed by atoms with Crippen molar-refractivity contribution >= 4 is 40.1 Å². The summed E-state index contributed by atoms with van der Waals surface area (Å²) in [7, 11) is 4.35. The minimum absolute atomic E-state index is 0.0856. The number of fused-ring (bicyclic) bond motifs is 1. The summed E-state index contributed by atoms with van der Waals surface area (Å²) < 4.78 is 15.5. The number of para-hydroxylation sites is 3. The van der Waals surface area contributed by atoms with Crippen LogP contribution in [0.4, 0.5) is 5.69 Å². The van der Waals surface area contributed by atoms with Crippen LogP contribution in [0.5, 0.6) is 28.9 Å². The number of esters is 1. The molecule has 1 amide bonds. The van der Waals surface area contributed by atoms with Gasteiger partial charge in [0.1, 0.15) is 23.0 Å². The first kappa shape index (κ1) is 61.9. The summed E-state index contributed by atoms with van der Waals surface area (Å²) in [6.07, 6.45) is 6.16. The third-order valence-corrected chi connectivity index (χ3v) is 15.5. The number of thioether (sulfide) groups is 1. The second-order valence-electron chi connectivity index (χ2n) is 22.6. The lowest BCUT2D eigenvalue weighted by Gasteiger charge is -2.29. The van der Waals surface area contributed by atoms with Gasteiger partial charge in [-0.2, -0.15) is 9.78 Å². The Kier molecular flexibility index (Phi) is 21.7. The van der Waals surface area contributed by atoms with Crippen molar-refractivity contribution < 1.29 is 34.4 Å². The molecule has 82 heavy (non-hydrogen) atoms. The molecule has 1 saturated heterocycles. The van der Waals surface area contributed by atoms with Crippen molar-refractivity contribution in [2.45, 2.75) is 122 Å².